The Balaban J connectivity index is 1.60. The van der Waals surface area contributed by atoms with Crippen LogP contribution < -0.4 is 10.2 Å². The number of para-hydroxylation sites is 1. The topological polar surface area (TPSA) is 88.8 Å². The second-order valence-corrected chi connectivity index (χ2v) is 8.58. The summed E-state index contributed by atoms with van der Waals surface area (Å²) in [6, 6.07) is 25.8. The summed E-state index contributed by atoms with van der Waals surface area (Å²) in [6.07, 6.45) is 0.0515. The molecule has 7 nitrogen and oxygen atoms in total. The molecule has 1 heterocycles. The highest BCUT2D eigenvalue weighted by molar-refractivity contribution is 6.30. The van der Waals surface area contributed by atoms with Crippen LogP contribution in [0.25, 0.3) is 0 Å². The maximum atomic E-state index is 13.3. The summed E-state index contributed by atoms with van der Waals surface area (Å²) in [5, 5.41) is 18.8. The first-order valence-electron chi connectivity index (χ1n) is 11.2. The van der Waals surface area contributed by atoms with Gasteiger partial charge >= 0.3 is 0 Å². The van der Waals surface area contributed by atoms with E-state index >= 15 is 0 Å². The van der Waals surface area contributed by atoms with E-state index in [0.717, 1.165) is 16.8 Å². The Hall–Kier alpha value is -4.15. The van der Waals surface area contributed by atoms with Gasteiger partial charge in [0.05, 0.1) is 12.1 Å². The van der Waals surface area contributed by atoms with Crippen molar-refractivity contribution < 1.29 is 9.59 Å². The van der Waals surface area contributed by atoms with Crippen molar-refractivity contribution in [2.45, 2.75) is 25.8 Å². The fourth-order valence-electron chi connectivity index (χ4n) is 4.03. The van der Waals surface area contributed by atoms with E-state index in [1.165, 1.54) is 5.01 Å². The Morgan fingerprint density at radius 2 is 1.77 bits per heavy atom. The smallest absolute Gasteiger partial charge is 0.252 e. The minimum atomic E-state index is -0.444. The van der Waals surface area contributed by atoms with Crippen molar-refractivity contribution in [1.29, 1.82) is 5.26 Å². The largest absolute Gasteiger partial charge is 0.326 e. The minimum absolute atomic E-state index is 0.0876. The van der Waals surface area contributed by atoms with Gasteiger partial charge in [0.15, 0.2) is 0 Å². The van der Waals surface area contributed by atoms with Crippen molar-refractivity contribution in [2.24, 2.45) is 5.10 Å². The summed E-state index contributed by atoms with van der Waals surface area (Å²) >= 11 is 5.90. The molecule has 1 N–H and O–H groups in total. The van der Waals surface area contributed by atoms with Crippen LogP contribution in [0.3, 0.4) is 0 Å². The number of anilines is 2. The van der Waals surface area contributed by atoms with Crippen LogP contribution in [0.5, 0.6) is 0 Å². The molecule has 0 aliphatic carbocycles. The molecule has 3 aromatic carbocycles. The number of hydrogen-bond acceptors (Lipinski definition) is 5. The number of benzene rings is 3. The SMILES string of the molecule is Cc1ccccc1N(CC#N)C1=NN(C(=O)CC(=O)Nc2ccc(Cl)cc2)C(c2ccccc2)C1. The van der Waals surface area contributed by atoms with Gasteiger partial charge in [-0.1, -0.05) is 60.1 Å². The average molecular weight is 486 g/mol. The highest BCUT2D eigenvalue weighted by atomic mass is 35.5. The van der Waals surface area contributed by atoms with Crippen LogP contribution in [-0.2, 0) is 9.59 Å². The van der Waals surface area contributed by atoms with Crippen molar-refractivity contribution in [3.8, 4) is 6.07 Å². The Labute approximate surface area is 209 Å². The zero-order chi connectivity index (χ0) is 24.8. The normalized spacial score (nSPS) is 14.7. The molecule has 1 unspecified atom stereocenters. The highest BCUT2D eigenvalue weighted by Crippen LogP contribution is 2.34. The Kier molecular flexibility index (Phi) is 7.44. The fourth-order valence-corrected chi connectivity index (χ4v) is 4.16. The van der Waals surface area contributed by atoms with Crippen molar-refractivity contribution in [1.82, 2.24) is 5.01 Å². The van der Waals surface area contributed by atoms with Gasteiger partial charge in [-0.05, 0) is 48.4 Å². The first-order chi connectivity index (χ1) is 17.0. The number of hydrazone groups is 1. The molecule has 0 bridgehead atoms. The maximum absolute atomic E-state index is 13.3. The van der Waals surface area contributed by atoms with Crippen LogP contribution in [0.4, 0.5) is 11.4 Å². The van der Waals surface area contributed by atoms with Crippen molar-refractivity contribution in [2.75, 3.05) is 16.8 Å². The third-order valence-electron chi connectivity index (χ3n) is 5.72. The van der Waals surface area contributed by atoms with E-state index in [0.29, 0.717) is 23.0 Å². The first kappa shape index (κ1) is 24.0. The molecular weight excluding hydrogens is 462 g/mol. The summed E-state index contributed by atoms with van der Waals surface area (Å²) in [5.41, 5.74) is 3.31. The number of carbonyl (C=O) groups is 2. The van der Waals surface area contributed by atoms with Crippen LogP contribution >= 0.6 is 11.6 Å². The number of carbonyl (C=O) groups excluding carboxylic acids is 2. The third kappa shape index (κ3) is 5.68. The number of nitrogens with zero attached hydrogens (tertiary/aromatic N) is 4. The zero-order valence-corrected chi connectivity index (χ0v) is 19.9. The molecular formula is C27H24ClN5O2. The predicted molar refractivity (Wildman–Crippen MR) is 137 cm³/mol. The Morgan fingerprint density at radius 1 is 1.09 bits per heavy atom. The average Bonchev–Trinajstić information content (AvgIpc) is 3.30. The van der Waals surface area contributed by atoms with Gasteiger partial charge in [0, 0.05) is 22.8 Å². The van der Waals surface area contributed by atoms with Crippen LogP contribution in [-0.4, -0.2) is 29.2 Å². The van der Waals surface area contributed by atoms with Gasteiger partial charge in [-0.2, -0.15) is 10.4 Å². The minimum Gasteiger partial charge on any atom is -0.326 e. The van der Waals surface area contributed by atoms with E-state index in [1.54, 1.807) is 24.3 Å². The summed E-state index contributed by atoms with van der Waals surface area (Å²) in [7, 11) is 0. The first-order valence-corrected chi connectivity index (χ1v) is 11.5. The Morgan fingerprint density at radius 3 is 2.46 bits per heavy atom. The molecule has 1 aliphatic heterocycles. The molecule has 176 valence electrons. The van der Waals surface area contributed by atoms with E-state index in [1.807, 2.05) is 66.4 Å². The molecule has 4 rings (SSSR count). The molecule has 0 saturated carbocycles. The summed E-state index contributed by atoms with van der Waals surface area (Å²) in [6.45, 7) is 2.05. The van der Waals surface area contributed by atoms with Gasteiger partial charge in [-0.15, -0.1) is 0 Å². The number of nitriles is 1. The number of amidine groups is 1. The van der Waals surface area contributed by atoms with Crippen LogP contribution in [0.1, 0.15) is 30.0 Å². The van der Waals surface area contributed by atoms with E-state index in [-0.39, 0.29) is 19.0 Å². The maximum Gasteiger partial charge on any atom is 0.252 e. The number of nitrogens with one attached hydrogen (secondary N) is 1. The number of hydrogen-bond donors (Lipinski definition) is 1. The second-order valence-electron chi connectivity index (χ2n) is 8.15. The fraction of sp³-hybridized carbons (Fsp3) is 0.185. The summed E-state index contributed by atoms with van der Waals surface area (Å²) in [4.78, 5) is 27.7. The number of amides is 2. The summed E-state index contributed by atoms with van der Waals surface area (Å²) < 4.78 is 0. The van der Waals surface area contributed by atoms with E-state index < -0.39 is 11.8 Å². The van der Waals surface area contributed by atoms with Crippen LogP contribution in [0.2, 0.25) is 5.02 Å². The molecule has 0 saturated heterocycles. The number of halogens is 1. The summed E-state index contributed by atoms with van der Waals surface area (Å²) in [5.74, 6) is -0.274. The highest BCUT2D eigenvalue weighted by Gasteiger charge is 2.36. The van der Waals surface area contributed by atoms with Gasteiger partial charge < -0.3 is 10.2 Å². The molecule has 0 aromatic heterocycles. The molecule has 0 fully saturated rings. The second kappa shape index (κ2) is 10.9. The standard InChI is InChI=1S/C27H24ClN5O2/c1-19-7-5-6-10-23(19)32(16-15-29)25-17-24(20-8-3-2-4-9-20)33(31-25)27(35)18-26(34)30-22-13-11-21(28)12-14-22/h2-14,24H,16-18H2,1H3,(H,30,34). The molecule has 0 radical (unpaired) electrons. The molecule has 1 atom stereocenters. The lowest BCUT2D eigenvalue weighted by Gasteiger charge is -2.23. The molecule has 3 aromatic rings. The van der Waals surface area contributed by atoms with Gasteiger partial charge in [0.25, 0.3) is 5.91 Å². The van der Waals surface area contributed by atoms with Crippen LogP contribution in [0, 0.1) is 18.3 Å². The Bertz CT molecular complexity index is 1280. The van der Waals surface area contributed by atoms with Gasteiger partial charge in [0.2, 0.25) is 5.91 Å². The van der Waals surface area contributed by atoms with Gasteiger partial charge in [-0.3, -0.25) is 9.59 Å². The molecule has 0 spiro atoms. The van der Waals surface area contributed by atoms with Crippen molar-refractivity contribution >= 4 is 40.6 Å². The monoisotopic (exact) mass is 485 g/mol. The third-order valence-corrected chi connectivity index (χ3v) is 5.97. The van der Waals surface area contributed by atoms with Crippen molar-refractivity contribution in [3.63, 3.8) is 0 Å². The molecule has 8 heteroatoms. The van der Waals surface area contributed by atoms with Gasteiger partial charge in [0.1, 0.15) is 18.8 Å². The lowest BCUT2D eigenvalue weighted by atomic mass is 10.0. The lowest BCUT2D eigenvalue weighted by Crippen LogP contribution is -2.31. The molecule has 35 heavy (non-hydrogen) atoms. The van der Waals surface area contributed by atoms with E-state index in [4.69, 9.17) is 11.6 Å². The molecule has 1 aliphatic rings. The van der Waals surface area contributed by atoms with E-state index in [9.17, 15) is 14.9 Å². The van der Waals surface area contributed by atoms with Crippen molar-refractivity contribution in [3.05, 3.63) is 95.0 Å². The molecule has 2 amide bonds. The number of aryl methyl sites for hydroxylation is 1. The number of rotatable bonds is 6. The van der Waals surface area contributed by atoms with E-state index in [2.05, 4.69) is 16.5 Å². The lowest BCUT2D eigenvalue weighted by molar-refractivity contribution is -0.136. The zero-order valence-electron chi connectivity index (χ0n) is 19.2. The van der Waals surface area contributed by atoms with Crippen LogP contribution in [0.15, 0.2) is 84.0 Å². The quantitative estimate of drug-likeness (QED) is 0.379. The van der Waals surface area contributed by atoms with Gasteiger partial charge in [-0.25, -0.2) is 5.01 Å². The predicted octanol–water partition coefficient (Wildman–Crippen LogP) is 5.29.